The van der Waals surface area contributed by atoms with E-state index >= 15 is 0 Å². The van der Waals surface area contributed by atoms with E-state index in [0.29, 0.717) is 17.7 Å². The largest absolute Gasteiger partial charge is 0.460 e. The summed E-state index contributed by atoms with van der Waals surface area (Å²) >= 11 is 0. The highest BCUT2D eigenvalue weighted by molar-refractivity contribution is 6.28. The van der Waals surface area contributed by atoms with Gasteiger partial charge in [0.05, 0.1) is 6.61 Å². The first-order chi connectivity index (χ1) is 18.5. The standard InChI is InChI=1S/C31H34O8/c1-19(21-9-7-6-8-10-21)26(33)22-14-11-20(12-15-22)13-16-25(32)34-17-23-27-28(24-18-35-31(4,5)38-24)39-30(2,3)29(36-23)37-27/h6-16,23-24,27-29H,1,17-18H2,2-5H3/b16-13+/t23-,24+,27+,28-,29?/m0/s1. The van der Waals surface area contributed by atoms with E-state index in [4.69, 9.17) is 28.4 Å². The molecular formula is C31H34O8. The van der Waals surface area contributed by atoms with Gasteiger partial charge in [0.1, 0.15) is 36.6 Å². The SMILES string of the molecule is C=C(C(=O)c1ccc(/C=C/C(=O)OC[C@@H]2OC3O[C@H]2[C@H]([C@H]2COC(C)(C)O2)OC3(C)C)cc1)c1ccccc1. The molecule has 0 aromatic heterocycles. The summed E-state index contributed by atoms with van der Waals surface area (Å²) < 4.78 is 35.7. The van der Waals surface area contributed by atoms with E-state index in [1.807, 2.05) is 58.0 Å². The third-order valence-corrected chi connectivity index (χ3v) is 7.04. The Kier molecular flexibility index (Phi) is 7.59. The summed E-state index contributed by atoms with van der Waals surface area (Å²) in [6.45, 7) is 11.8. The average Bonchev–Trinajstić information content (AvgIpc) is 3.50. The Morgan fingerprint density at radius 1 is 0.949 bits per heavy atom. The summed E-state index contributed by atoms with van der Waals surface area (Å²) in [7, 11) is 0. The summed E-state index contributed by atoms with van der Waals surface area (Å²) in [5, 5.41) is 0. The van der Waals surface area contributed by atoms with Crippen LogP contribution in [0, 0.1) is 0 Å². The zero-order valence-electron chi connectivity index (χ0n) is 22.6. The third-order valence-electron chi connectivity index (χ3n) is 7.04. The van der Waals surface area contributed by atoms with Gasteiger partial charge in [-0.2, -0.15) is 0 Å². The first-order valence-corrected chi connectivity index (χ1v) is 13.1. The maximum Gasteiger partial charge on any atom is 0.330 e. The van der Waals surface area contributed by atoms with Crippen LogP contribution in [0.3, 0.4) is 0 Å². The molecule has 3 aliphatic rings. The first kappa shape index (κ1) is 27.4. The summed E-state index contributed by atoms with van der Waals surface area (Å²) in [5.74, 6) is -1.37. The lowest BCUT2D eigenvalue weighted by atomic mass is 9.97. The van der Waals surface area contributed by atoms with E-state index < -0.39 is 42.0 Å². The zero-order chi connectivity index (χ0) is 27.8. The molecule has 3 aliphatic heterocycles. The number of fused-ring (bicyclic) bond motifs is 2. The molecular weight excluding hydrogens is 500 g/mol. The van der Waals surface area contributed by atoms with E-state index in [2.05, 4.69) is 6.58 Å². The molecule has 2 aromatic rings. The molecule has 3 heterocycles. The fourth-order valence-corrected chi connectivity index (χ4v) is 4.95. The highest BCUT2D eigenvalue weighted by Crippen LogP contribution is 2.42. The minimum atomic E-state index is -0.706. The normalized spacial score (nSPS) is 28.9. The summed E-state index contributed by atoms with van der Waals surface area (Å²) in [6, 6.07) is 16.3. The molecule has 0 saturated carbocycles. The lowest BCUT2D eigenvalue weighted by Gasteiger charge is -2.41. The van der Waals surface area contributed by atoms with Crippen molar-refractivity contribution in [3.05, 3.63) is 83.9 Å². The number of carbonyl (C=O) groups excluding carboxylic acids is 2. The number of hydrogen-bond acceptors (Lipinski definition) is 8. The molecule has 0 amide bonds. The third kappa shape index (κ3) is 6.05. The molecule has 0 N–H and O–H groups in total. The van der Waals surface area contributed by atoms with Crippen molar-refractivity contribution in [2.24, 2.45) is 0 Å². The maximum absolute atomic E-state index is 12.8. The topological polar surface area (TPSA) is 89.5 Å². The molecule has 2 aromatic carbocycles. The number of benzene rings is 2. The van der Waals surface area contributed by atoms with E-state index in [1.54, 1.807) is 30.3 Å². The Bertz CT molecular complexity index is 1250. The smallest absolute Gasteiger partial charge is 0.330 e. The van der Waals surface area contributed by atoms with Crippen molar-refractivity contribution in [2.75, 3.05) is 13.2 Å². The van der Waals surface area contributed by atoms with Crippen molar-refractivity contribution in [1.29, 1.82) is 0 Å². The van der Waals surface area contributed by atoms with Crippen LogP contribution < -0.4 is 0 Å². The Balaban J connectivity index is 1.16. The fraction of sp³-hybridized carbons (Fsp3) is 0.419. The van der Waals surface area contributed by atoms with Gasteiger partial charge in [0, 0.05) is 17.2 Å². The van der Waals surface area contributed by atoms with E-state index in [0.717, 1.165) is 11.1 Å². The van der Waals surface area contributed by atoms with Crippen molar-refractivity contribution in [3.8, 4) is 0 Å². The van der Waals surface area contributed by atoms with Gasteiger partial charge in [-0.05, 0) is 44.9 Å². The van der Waals surface area contributed by atoms with Gasteiger partial charge in [-0.25, -0.2) is 4.79 Å². The van der Waals surface area contributed by atoms with Crippen molar-refractivity contribution in [1.82, 2.24) is 0 Å². The Morgan fingerprint density at radius 3 is 2.33 bits per heavy atom. The molecule has 1 unspecified atom stereocenters. The molecule has 3 saturated heterocycles. The quantitative estimate of drug-likeness (QED) is 0.276. The predicted molar refractivity (Wildman–Crippen MR) is 144 cm³/mol. The Hall–Kier alpha value is -3.14. The first-order valence-electron chi connectivity index (χ1n) is 13.1. The van der Waals surface area contributed by atoms with Crippen LogP contribution in [0.5, 0.6) is 0 Å². The molecule has 5 rings (SSSR count). The number of esters is 1. The summed E-state index contributed by atoms with van der Waals surface area (Å²) in [5.41, 5.74) is 1.78. The van der Waals surface area contributed by atoms with E-state index in [9.17, 15) is 9.59 Å². The van der Waals surface area contributed by atoms with Crippen LogP contribution in [0.1, 0.15) is 49.2 Å². The number of rotatable bonds is 8. The lowest BCUT2D eigenvalue weighted by molar-refractivity contribution is -0.286. The Labute approximate surface area is 228 Å². The van der Waals surface area contributed by atoms with E-state index in [1.165, 1.54) is 6.08 Å². The molecule has 8 nitrogen and oxygen atoms in total. The number of hydrogen-bond donors (Lipinski definition) is 0. The molecule has 0 spiro atoms. The van der Waals surface area contributed by atoms with Gasteiger partial charge in [-0.1, -0.05) is 61.2 Å². The second-order valence-corrected chi connectivity index (χ2v) is 10.9. The second kappa shape index (κ2) is 10.8. The van der Waals surface area contributed by atoms with Crippen molar-refractivity contribution >= 4 is 23.4 Å². The summed E-state index contributed by atoms with van der Waals surface area (Å²) in [4.78, 5) is 25.2. The summed E-state index contributed by atoms with van der Waals surface area (Å²) in [6.07, 6.45) is 0.674. The van der Waals surface area contributed by atoms with E-state index in [-0.39, 0.29) is 18.5 Å². The molecule has 8 heteroatoms. The molecule has 39 heavy (non-hydrogen) atoms. The van der Waals surface area contributed by atoms with Gasteiger partial charge in [-0.3, -0.25) is 4.79 Å². The van der Waals surface area contributed by atoms with Crippen LogP contribution in [0.4, 0.5) is 0 Å². The number of allylic oxidation sites excluding steroid dienone is 1. The van der Waals surface area contributed by atoms with Crippen molar-refractivity contribution < 1.29 is 38.0 Å². The van der Waals surface area contributed by atoms with Crippen LogP contribution in [0.2, 0.25) is 0 Å². The van der Waals surface area contributed by atoms with Gasteiger partial charge in [0.15, 0.2) is 17.9 Å². The average molecular weight is 535 g/mol. The van der Waals surface area contributed by atoms with Crippen LogP contribution in [0.25, 0.3) is 11.6 Å². The molecule has 5 atom stereocenters. The maximum atomic E-state index is 12.8. The van der Waals surface area contributed by atoms with Crippen molar-refractivity contribution in [2.45, 2.75) is 69.8 Å². The number of ether oxygens (including phenoxy) is 6. The monoisotopic (exact) mass is 534 g/mol. The number of carbonyl (C=O) groups is 2. The number of ketones is 1. The second-order valence-electron chi connectivity index (χ2n) is 10.9. The van der Waals surface area contributed by atoms with Gasteiger partial charge in [-0.15, -0.1) is 0 Å². The minimum absolute atomic E-state index is 0.00624. The molecule has 0 radical (unpaired) electrons. The van der Waals surface area contributed by atoms with Gasteiger partial charge >= 0.3 is 5.97 Å². The highest BCUT2D eigenvalue weighted by atomic mass is 16.8. The number of Topliss-reactive ketones (excluding diaryl/α,β-unsaturated/α-hetero) is 1. The van der Waals surface area contributed by atoms with Gasteiger partial charge in [0.25, 0.3) is 0 Å². The van der Waals surface area contributed by atoms with Crippen LogP contribution in [0.15, 0.2) is 67.3 Å². The highest BCUT2D eigenvalue weighted by Gasteiger charge is 2.58. The van der Waals surface area contributed by atoms with Crippen LogP contribution >= 0.6 is 0 Å². The minimum Gasteiger partial charge on any atom is -0.460 e. The van der Waals surface area contributed by atoms with Gasteiger partial charge < -0.3 is 28.4 Å². The van der Waals surface area contributed by atoms with Crippen LogP contribution in [-0.4, -0.2) is 67.1 Å². The lowest BCUT2D eigenvalue weighted by Crippen LogP contribution is -2.56. The van der Waals surface area contributed by atoms with Gasteiger partial charge in [0.2, 0.25) is 0 Å². The van der Waals surface area contributed by atoms with Crippen LogP contribution in [-0.2, 0) is 33.2 Å². The van der Waals surface area contributed by atoms with Crippen molar-refractivity contribution in [3.63, 3.8) is 0 Å². The molecule has 2 bridgehead atoms. The predicted octanol–water partition coefficient (Wildman–Crippen LogP) is 4.58. The molecule has 0 aliphatic carbocycles. The Morgan fingerprint density at radius 2 is 1.67 bits per heavy atom. The zero-order valence-corrected chi connectivity index (χ0v) is 22.6. The fourth-order valence-electron chi connectivity index (χ4n) is 4.95. The molecule has 206 valence electrons. The molecule has 3 fully saturated rings.